The molecule has 0 unspecified atom stereocenters. The fourth-order valence-corrected chi connectivity index (χ4v) is 4.22. The zero-order valence-corrected chi connectivity index (χ0v) is 15.9. The SMILES string of the molecule is NC(=O)COc1c(-c2ccoc2)ccc(CS(=O)(=O)c2ccccc2)c1C(=O)O. The smallest absolute Gasteiger partial charge is 0.339 e. The van der Waals surface area contributed by atoms with Crippen molar-refractivity contribution in [3.63, 3.8) is 0 Å². The summed E-state index contributed by atoms with van der Waals surface area (Å²) >= 11 is 0. The van der Waals surface area contributed by atoms with E-state index in [0.717, 1.165) is 0 Å². The van der Waals surface area contributed by atoms with Crippen molar-refractivity contribution in [3.8, 4) is 16.9 Å². The van der Waals surface area contributed by atoms with Gasteiger partial charge in [-0.05, 0) is 23.8 Å². The highest BCUT2D eigenvalue weighted by atomic mass is 32.2. The van der Waals surface area contributed by atoms with Crippen molar-refractivity contribution in [1.29, 1.82) is 0 Å². The predicted octanol–water partition coefficient (Wildman–Crippen LogP) is 2.48. The summed E-state index contributed by atoms with van der Waals surface area (Å²) in [6, 6.07) is 12.2. The Morgan fingerprint density at radius 2 is 1.79 bits per heavy atom. The summed E-state index contributed by atoms with van der Waals surface area (Å²) in [6.07, 6.45) is 2.76. The molecule has 1 amide bonds. The number of amides is 1. The van der Waals surface area contributed by atoms with Crippen LogP contribution >= 0.6 is 0 Å². The van der Waals surface area contributed by atoms with Gasteiger partial charge in [-0.3, -0.25) is 4.79 Å². The number of furan rings is 1. The molecule has 0 bridgehead atoms. The van der Waals surface area contributed by atoms with Gasteiger partial charge < -0.3 is 20.0 Å². The molecule has 0 spiro atoms. The van der Waals surface area contributed by atoms with Gasteiger partial charge in [0.2, 0.25) is 0 Å². The van der Waals surface area contributed by atoms with Gasteiger partial charge in [0, 0.05) is 11.1 Å². The maximum atomic E-state index is 12.7. The fourth-order valence-electron chi connectivity index (χ4n) is 2.83. The molecule has 29 heavy (non-hydrogen) atoms. The third-order valence-corrected chi connectivity index (χ3v) is 5.78. The number of nitrogens with two attached hydrogens (primary N) is 1. The number of rotatable bonds is 8. The second kappa shape index (κ2) is 8.19. The van der Waals surface area contributed by atoms with Crippen LogP contribution in [0.3, 0.4) is 0 Å². The van der Waals surface area contributed by atoms with E-state index in [1.807, 2.05) is 0 Å². The molecule has 0 fully saturated rings. The Bertz CT molecular complexity index is 1140. The van der Waals surface area contributed by atoms with Gasteiger partial charge in [0.05, 0.1) is 23.2 Å². The second-order valence-corrected chi connectivity index (χ2v) is 8.11. The molecule has 1 aromatic heterocycles. The number of benzene rings is 2. The normalized spacial score (nSPS) is 11.2. The van der Waals surface area contributed by atoms with Gasteiger partial charge in [-0.1, -0.05) is 30.3 Å². The molecule has 3 rings (SSSR count). The molecule has 8 nitrogen and oxygen atoms in total. The molecule has 3 N–H and O–H groups in total. The Morgan fingerprint density at radius 1 is 1.07 bits per heavy atom. The zero-order valence-electron chi connectivity index (χ0n) is 15.1. The molecular weight excluding hydrogens is 398 g/mol. The van der Waals surface area contributed by atoms with Crippen LogP contribution in [-0.4, -0.2) is 32.0 Å². The van der Waals surface area contributed by atoms with Crippen LogP contribution in [0.15, 0.2) is 70.4 Å². The number of aromatic carboxylic acids is 1. The second-order valence-electron chi connectivity index (χ2n) is 6.12. The first-order valence-corrected chi connectivity index (χ1v) is 10.1. The molecule has 0 aliphatic heterocycles. The lowest BCUT2D eigenvalue weighted by molar-refractivity contribution is -0.119. The number of carbonyl (C=O) groups is 2. The first-order valence-electron chi connectivity index (χ1n) is 8.40. The van der Waals surface area contributed by atoms with Crippen LogP contribution in [0.25, 0.3) is 11.1 Å². The number of primary amides is 1. The number of carbonyl (C=O) groups excluding carboxylic acids is 1. The van der Waals surface area contributed by atoms with Gasteiger partial charge >= 0.3 is 5.97 Å². The highest BCUT2D eigenvalue weighted by molar-refractivity contribution is 7.90. The van der Waals surface area contributed by atoms with E-state index in [1.165, 1.54) is 36.8 Å². The number of carboxylic acid groups (broad SMARTS) is 1. The summed E-state index contributed by atoms with van der Waals surface area (Å²) in [5.74, 6) is -2.91. The maximum Gasteiger partial charge on any atom is 0.339 e. The number of ether oxygens (including phenoxy) is 1. The molecule has 0 radical (unpaired) electrons. The largest absolute Gasteiger partial charge is 0.482 e. The van der Waals surface area contributed by atoms with E-state index in [9.17, 15) is 23.1 Å². The molecule has 0 atom stereocenters. The van der Waals surface area contributed by atoms with Crippen LogP contribution in [0, 0.1) is 0 Å². The van der Waals surface area contributed by atoms with Gasteiger partial charge in [-0.25, -0.2) is 13.2 Å². The summed E-state index contributed by atoms with van der Waals surface area (Å²) in [6.45, 7) is -0.569. The zero-order chi connectivity index (χ0) is 21.0. The maximum absolute atomic E-state index is 12.7. The van der Waals surface area contributed by atoms with Crippen LogP contribution in [0.1, 0.15) is 15.9 Å². The molecule has 150 valence electrons. The topological polar surface area (TPSA) is 137 Å². The minimum Gasteiger partial charge on any atom is -0.482 e. The lowest BCUT2D eigenvalue weighted by Gasteiger charge is -2.16. The highest BCUT2D eigenvalue weighted by Crippen LogP contribution is 2.37. The average molecular weight is 415 g/mol. The molecular formula is C20H17NO7S. The van der Waals surface area contributed by atoms with E-state index in [-0.39, 0.29) is 21.8 Å². The molecule has 1 heterocycles. The number of sulfone groups is 1. The van der Waals surface area contributed by atoms with E-state index >= 15 is 0 Å². The summed E-state index contributed by atoms with van der Waals surface area (Å²) in [4.78, 5) is 23.3. The van der Waals surface area contributed by atoms with Crippen molar-refractivity contribution in [2.24, 2.45) is 5.73 Å². The molecule has 0 saturated carbocycles. The standard InChI is InChI=1S/C20H17NO7S/c21-17(22)11-28-19-16(13-8-9-27-10-13)7-6-14(18(19)20(23)24)12-29(25,26)15-4-2-1-3-5-15/h1-10H,11-12H2,(H2,21,22)(H,23,24). The molecule has 0 aliphatic carbocycles. The van der Waals surface area contributed by atoms with E-state index in [0.29, 0.717) is 11.1 Å². The fraction of sp³-hybridized carbons (Fsp3) is 0.100. The summed E-state index contributed by atoms with van der Waals surface area (Å²) in [5, 5.41) is 9.79. The molecule has 0 saturated heterocycles. The third kappa shape index (κ3) is 4.46. The van der Waals surface area contributed by atoms with Crippen LogP contribution in [0.4, 0.5) is 0 Å². The predicted molar refractivity (Wildman–Crippen MR) is 103 cm³/mol. The molecule has 3 aromatic rings. The van der Waals surface area contributed by atoms with Crippen LogP contribution in [-0.2, 0) is 20.4 Å². The lowest BCUT2D eigenvalue weighted by Crippen LogP contribution is -2.22. The Kier molecular flexibility index (Phi) is 5.69. The minimum atomic E-state index is -3.81. The number of hydrogen-bond donors (Lipinski definition) is 2. The van der Waals surface area contributed by atoms with E-state index in [1.54, 1.807) is 24.3 Å². The summed E-state index contributed by atoms with van der Waals surface area (Å²) < 4.78 is 35.9. The quantitative estimate of drug-likeness (QED) is 0.576. The number of hydrogen-bond acceptors (Lipinski definition) is 6. The Morgan fingerprint density at radius 3 is 2.38 bits per heavy atom. The van der Waals surface area contributed by atoms with Crippen LogP contribution in [0.2, 0.25) is 0 Å². The average Bonchev–Trinajstić information content (AvgIpc) is 3.21. The van der Waals surface area contributed by atoms with Crippen molar-refractivity contribution in [1.82, 2.24) is 0 Å². The van der Waals surface area contributed by atoms with Crippen molar-refractivity contribution in [2.75, 3.05) is 6.61 Å². The Hall–Kier alpha value is -3.59. The molecule has 9 heteroatoms. The third-order valence-electron chi connectivity index (χ3n) is 4.10. The van der Waals surface area contributed by atoms with Gasteiger partial charge in [-0.2, -0.15) is 0 Å². The van der Waals surface area contributed by atoms with Crippen LogP contribution < -0.4 is 10.5 Å². The van der Waals surface area contributed by atoms with Crippen LogP contribution in [0.5, 0.6) is 5.75 Å². The first-order chi connectivity index (χ1) is 13.8. The van der Waals surface area contributed by atoms with E-state index < -0.39 is 34.1 Å². The summed E-state index contributed by atoms with van der Waals surface area (Å²) in [7, 11) is -3.81. The lowest BCUT2D eigenvalue weighted by atomic mass is 9.99. The monoisotopic (exact) mass is 415 g/mol. The number of carboxylic acids is 1. The molecule has 2 aromatic carbocycles. The van der Waals surface area contributed by atoms with Gasteiger partial charge in [0.25, 0.3) is 5.91 Å². The van der Waals surface area contributed by atoms with Crippen molar-refractivity contribution in [3.05, 3.63) is 72.2 Å². The molecule has 0 aliphatic rings. The van der Waals surface area contributed by atoms with Crippen molar-refractivity contribution in [2.45, 2.75) is 10.6 Å². The minimum absolute atomic E-state index is 0.0214. The first kappa shape index (κ1) is 20.2. The highest BCUT2D eigenvalue weighted by Gasteiger charge is 2.26. The van der Waals surface area contributed by atoms with E-state index in [2.05, 4.69) is 0 Å². The van der Waals surface area contributed by atoms with Gasteiger partial charge in [-0.15, -0.1) is 0 Å². The van der Waals surface area contributed by atoms with Gasteiger partial charge in [0.1, 0.15) is 11.3 Å². The van der Waals surface area contributed by atoms with Crippen molar-refractivity contribution < 1.29 is 32.3 Å². The van der Waals surface area contributed by atoms with E-state index in [4.69, 9.17) is 14.9 Å². The van der Waals surface area contributed by atoms with Gasteiger partial charge in [0.15, 0.2) is 16.4 Å². The Balaban J connectivity index is 2.14. The Labute approximate surface area is 166 Å². The summed E-state index contributed by atoms with van der Waals surface area (Å²) in [5.41, 5.74) is 5.63. The van der Waals surface area contributed by atoms with Crippen molar-refractivity contribution >= 4 is 21.7 Å².